The maximum Gasteiger partial charge on any atom is 0.0730 e. The molecule has 0 N–H and O–H groups in total. The van der Waals surface area contributed by atoms with E-state index < -0.39 is 0 Å². The Balaban J connectivity index is 1.84. The molecule has 2 heteroatoms. The molecule has 2 nitrogen and oxygen atoms in total. The van der Waals surface area contributed by atoms with Crippen LogP contribution in [-0.2, 0) is 4.74 Å². The molecule has 2 aliphatic rings. The molecule has 1 saturated carbocycles. The summed E-state index contributed by atoms with van der Waals surface area (Å²) >= 11 is 0. The number of rotatable bonds is 1. The van der Waals surface area contributed by atoms with Gasteiger partial charge in [0.25, 0.3) is 0 Å². The number of hydrogen-bond donors (Lipinski definition) is 0. The first kappa shape index (κ1) is 6.62. The van der Waals surface area contributed by atoms with E-state index in [4.69, 9.17) is 4.74 Å². The average Bonchev–Trinajstić information content (AvgIpc) is 2.68. The van der Waals surface area contributed by atoms with E-state index in [2.05, 4.69) is 11.9 Å². The second kappa shape index (κ2) is 2.51. The third-order valence-electron chi connectivity index (χ3n) is 2.44. The quantitative estimate of drug-likeness (QED) is 0.533. The van der Waals surface area contributed by atoms with Gasteiger partial charge in [-0.15, -0.1) is 0 Å². The second-order valence-corrected chi connectivity index (χ2v) is 3.51. The highest BCUT2D eigenvalue weighted by Crippen LogP contribution is 2.35. The standard InChI is InChI=1S/C8H15NO/c1-9-4-5-10-8(6-9)7-2-3-7/h7-8H,2-6H2,1H3. The lowest BCUT2D eigenvalue weighted by Crippen LogP contribution is -2.40. The van der Waals surface area contributed by atoms with Gasteiger partial charge in [-0.05, 0) is 25.8 Å². The summed E-state index contributed by atoms with van der Waals surface area (Å²) in [6.07, 6.45) is 3.37. The van der Waals surface area contributed by atoms with Crippen LogP contribution in [0.25, 0.3) is 0 Å². The molecule has 1 atom stereocenters. The largest absolute Gasteiger partial charge is 0.375 e. The van der Waals surface area contributed by atoms with Crippen LogP contribution in [-0.4, -0.2) is 37.7 Å². The van der Waals surface area contributed by atoms with Gasteiger partial charge in [-0.2, -0.15) is 0 Å². The summed E-state index contributed by atoms with van der Waals surface area (Å²) in [4.78, 5) is 2.37. The van der Waals surface area contributed by atoms with E-state index in [0.717, 1.165) is 25.6 Å². The smallest absolute Gasteiger partial charge is 0.0730 e. The van der Waals surface area contributed by atoms with Crippen LogP contribution in [0.3, 0.4) is 0 Å². The molecule has 2 rings (SSSR count). The van der Waals surface area contributed by atoms with Crippen molar-refractivity contribution in [2.75, 3.05) is 26.7 Å². The van der Waals surface area contributed by atoms with Crippen LogP contribution >= 0.6 is 0 Å². The molecular formula is C8H15NO. The molecular weight excluding hydrogens is 126 g/mol. The van der Waals surface area contributed by atoms with Crippen LogP contribution in [0.2, 0.25) is 0 Å². The SMILES string of the molecule is CN1CCOC(C2CC2)C1. The molecule has 1 unspecified atom stereocenters. The maximum atomic E-state index is 5.63. The van der Waals surface area contributed by atoms with Crippen molar-refractivity contribution >= 4 is 0 Å². The molecule has 1 heterocycles. The molecule has 58 valence electrons. The Bertz CT molecular complexity index is 122. The zero-order valence-corrected chi connectivity index (χ0v) is 6.55. The van der Waals surface area contributed by atoms with Gasteiger partial charge < -0.3 is 9.64 Å². The van der Waals surface area contributed by atoms with E-state index in [-0.39, 0.29) is 0 Å². The maximum absolute atomic E-state index is 5.63. The summed E-state index contributed by atoms with van der Waals surface area (Å²) in [5, 5.41) is 0. The Labute approximate surface area is 62.2 Å². The highest BCUT2D eigenvalue weighted by Gasteiger charge is 2.34. The number of hydrogen-bond acceptors (Lipinski definition) is 2. The van der Waals surface area contributed by atoms with Gasteiger partial charge in [-0.3, -0.25) is 0 Å². The zero-order chi connectivity index (χ0) is 6.97. The number of likely N-dealkylation sites (N-methyl/N-ethyl adjacent to an activating group) is 1. The molecule has 10 heavy (non-hydrogen) atoms. The topological polar surface area (TPSA) is 12.5 Å². The minimum Gasteiger partial charge on any atom is -0.375 e. The molecule has 1 saturated heterocycles. The summed E-state index contributed by atoms with van der Waals surface area (Å²) in [6.45, 7) is 3.21. The van der Waals surface area contributed by atoms with Crippen LogP contribution < -0.4 is 0 Å². The van der Waals surface area contributed by atoms with E-state index >= 15 is 0 Å². The molecule has 0 spiro atoms. The van der Waals surface area contributed by atoms with Gasteiger partial charge in [0.05, 0.1) is 12.7 Å². The molecule has 0 aromatic carbocycles. The van der Waals surface area contributed by atoms with Crippen molar-refractivity contribution in [2.45, 2.75) is 18.9 Å². The third-order valence-corrected chi connectivity index (χ3v) is 2.44. The average molecular weight is 141 g/mol. The molecule has 0 aromatic heterocycles. The Morgan fingerprint density at radius 1 is 1.40 bits per heavy atom. The molecule has 1 aliphatic heterocycles. The fraction of sp³-hybridized carbons (Fsp3) is 1.00. The van der Waals surface area contributed by atoms with Crippen LogP contribution in [0.1, 0.15) is 12.8 Å². The lowest BCUT2D eigenvalue weighted by Gasteiger charge is -2.29. The number of morpholine rings is 1. The predicted molar refractivity (Wildman–Crippen MR) is 40.0 cm³/mol. The predicted octanol–water partition coefficient (Wildman–Crippen LogP) is 0.727. The van der Waals surface area contributed by atoms with Gasteiger partial charge in [-0.1, -0.05) is 0 Å². The molecule has 0 bridgehead atoms. The van der Waals surface area contributed by atoms with E-state index in [0.29, 0.717) is 6.10 Å². The van der Waals surface area contributed by atoms with Gasteiger partial charge in [0.2, 0.25) is 0 Å². The van der Waals surface area contributed by atoms with E-state index in [1.54, 1.807) is 0 Å². The van der Waals surface area contributed by atoms with Gasteiger partial charge in [0.15, 0.2) is 0 Å². The molecule has 0 radical (unpaired) electrons. The zero-order valence-electron chi connectivity index (χ0n) is 6.55. The summed E-state index contributed by atoms with van der Waals surface area (Å²) in [5.74, 6) is 0.905. The van der Waals surface area contributed by atoms with Crippen LogP contribution in [0.15, 0.2) is 0 Å². The van der Waals surface area contributed by atoms with E-state index in [9.17, 15) is 0 Å². The lowest BCUT2D eigenvalue weighted by molar-refractivity contribution is -0.0306. The summed E-state index contributed by atoms with van der Waals surface area (Å²) in [7, 11) is 2.18. The van der Waals surface area contributed by atoms with E-state index in [1.165, 1.54) is 12.8 Å². The van der Waals surface area contributed by atoms with Gasteiger partial charge in [-0.25, -0.2) is 0 Å². The first-order valence-corrected chi connectivity index (χ1v) is 4.16. The molecule has 0 amide bonds. The minimum absolute atomic E-state index is 0.568. The summed E-state index contributed by atoms with van der Waals surface area (Å²) in [6, 6.07) is 0. The van der Waals surface area contributed by atoms with Crippen molar-refractivity contribution in [3.05, 3.63) is 0 Å². The van der Waals surface area contributed by atoms with E-state index in [1.807, 2.05) is 0 Å². The van der Waals surface area contributed by atoms with Crippen molar-refractivity contribution in [1.82, 2.24) is 4.90 Å². The van der Waals surface area contributed by atoms with Crippen molar-refractivity contribution in [3.63, 3.8) is 0 Å². The van der Waals surface area contributed by atoms with Crippen molar-refractivity contribution in [1.29, 1.82) is 0 Å². The summed E-state index contributed by atoms with van der Waals surface area (Å²) < 4.78 is 5.63. The fourth-order valence-corrected chi connectivity index (χ4v) is 1.56. The van der Waals surface area contributed by atoms with Crippen molar-refractivity contribution in [3.8, 4) is 0 Å². The molecule has 1 aliphatic carbocycles. The van der Waals surface area contributed by atoms with Crippen molar-refractivity contribution < 1.29 is 4.74 Å². The van der Waals surface area contributed by atoms with Gasteiger partial charge in [0, 0.05) is 13.1 Å². The minimum atomic E-state index is 0.568. The first-order chi connectivity index (χ1) is 4.86. The van der Waals surface area contributed by atoms with Gasteiger partial charge >= 0.3 is 0 Å². The fourth-order valence-electron chi connectivity index (χ4n) is 1.56. The molecule has 0 aromatic rings. The Hall–Kier alpha value is -0.0800. The van der Waals surface area contributed by atoms with Crippen LogP contribution in [0.4, 0.5) is 0 Å². The van der Waals surface area contributed by atoms with Gasteiger partial charge in [0.1, 0.15) is 0 Å². The third kappa shape index (κ3) is 1.32. The Morgan fingerprint density at radius 2 is 2.20 bits per heavy atom. The first-order valence-electron chi connectivity index (χ1n) is 4.16. The Morgan fingerprint density at radius 3 is 2.80 bits per heavy atom. The second-order valence-electron chi connectivity index (χ2n) is 3.51. The normalized spacial score (nSPS) is 36.3. The molecule has 2 fully saturated rings. The number of ether oxygens (including phenoxy) is 1. The summed E-state index contributed by atoms with van der Waals surface area (Å²) in [5.41, 5.74) is 0. The Kier molecular flexibility index (Phi) is 1.66. The van der Waals surface area contributed by atoms with Crippen LogP contribution in [0, 0.1) is 5.92 Å². The lowest BCUT2D eigenvalue weighted by atomic mass is 10.2. The highest BCUT2D eigenvalue weighted by molar-refractivity contribution is 4.85. The highest BCUT2D eigenvalue weighted by atomic mass is 16.5. The van der Waals surface area contributed by atoms with Crippen LogP contribution in [0.5, 0.6) is 0 Å². The van der Waals surface area contributed by atoms with Crippen molar-refractivity contribution in [2.24, 2.45) is 5.92 Å². The monoisotopic (exact) mass is 141 g/mol. The number of nitrogens with zero attached hydrogens (tertiary/aromatic N) is 1.